The summed E-state index contributed by atoms with van der Waals surface area (Å²) in [6.07, 6.45) is -0.900. The number of hydrogen-bond acceptors (Lipinski definition) is 4. The number of halogens is 2. The van der Waals surface area contributed by atoms with E-state index in [9.17, 15) is 14.0 Å². The molecule has 0 spiro atoms. The van der Waals surface area contributed by atoms with Crippen LogP contribution in [0.4, 0.5) is 10.1 Å². The topological polar surface area (TPSA) is 58.6 Å². The second-order valence-electron chi connectivity index (χ2n) is 5.70. The largest absolute Gasteiger partial charge is 0.294 e. The summed E-state index contributed by atoms with van der Waals surface area (Å²) in [7, 11) is 0. The molecular weight excluding hydrogens is 335 g/mol. The van der Waals surface area contributed by atoms with Gasteiger partial charge in [0, 0.05) is 5.02 Å². The molecule has 0 aromatic heterocycles. The average molecular weight is 347 g/mol. The van der Waals surface area contributed by atoms with E-state index < -0.39 is 29.9 Å². The number of benzene rings is 2. The summed E-state index contributed by atoms with van der Waals surface area (Å²) in [6, 6.07) is 12.1. The van der Waals surface area contributed by atoms with Gasteiger partial charge in [0.05, 0.1) is 11.7 Å². The predicted molar refractivity (Wildman–Crippen MR) is 84.6 cm³/mol. The van der Waals surface area contributed by atoms with E-state index in [1.165, 1.54) is 17.2 Å². The van der Waals surface area contributed by atoms with Crippen molar-refractivity contribution in [1.29, 1.82) is 0 Å². The Bertz CT molecular complexity index is 810. The number of hydrogen-bond donors (Lipinski definition) is 1. The maximum atomic E-state index is 13.3. The lowest BCUT2D eigenvalue weighted by atomic mass is 9.90. The van der Waals surface area contributed by atoms with Crippen molar-refractivity contribution in [3.05, 3.63) is 64.9 Å². The maximum absolute atomic E-state index is 13.3. The van der Waals surface area contributed by atoms with Crippen LogP contribution in [-0.4, -0.2) is 17.9 Å². The fourth-order valence-electron chi connectivity index (χ4n) is 3.14. The number of rotatable bonds is 2. The fourth-order valence-corrected chi connectivity index (χ4v) is 3.27. The molecule has 2 amide bonds. The molecule has 122 valence electrons. The number of carbonyl (C=O) groups is 2. The van der Waals surface area contributed by atoms with Gasteiger partial charge < -0.3 is 0 Å². The zero-order valence-electron chi connectivity index (χ0n) is 12.3. The quantitative estimate of drug-likeness (QED) is 0.849. The average Bonchev–Trinajstić information content (AvgIpc) is 3.08. The molecule has 2 aromatic carbocycles. The monoisotopic (exact) mass is 346 g/mol. The molecule has 0 saturated carbocycles. The first-order valence-electron chi connectivity index (χ1n) is 7.36. The lowest BCUT2D eigenvalue weighted by Gasteiger charge is -2.27. The van der Waals surface area contributed by atoms with Gasteiger partial charge in [-0.25, -0.2) is 9.45 Å². The van der Waals surface area contributed by atoms with E-state index >= 15 is 0 Å². The molecule has 7 heteroatoms. The van der Waals surface area contributed by atoms with Crippen molar-refractivity contribution < 1.29 is 18.8 Å². The van der Waals surface area contributed by atoms with E-state index in [4.69, 9.17) is 16.4 Å². The van der Waals surface area contributed by atoms with Crippen LogP contribution in [0.3, 0.4) is 0 Å². The Morgan fingerprint density at radius 1 is 1.00 bits per heavy atom. The molecule has 0 aliphatic carbocycles. The van der Waals surface area contributed by atoms with Crippen LogP contribution in [0, 0.1) is 11.7 Å². The number of hydroxylamine groups is 1. The summed E-state index contributed by atoms with van der Waals surface area (Å²) in [6.45, 7) is 0. The lowest BCUT2D eigenvalue weighted by Crippen LogP contribution is -2.33. The maximum Gasteiger partial charge on any atom is 0.259 e. The van der Waals surface area contributed by atoms with Crippen molar-refractivity contribution in [1.82, 2.24) is 5.32 Å². The van der Waals surface area contributed by atoms with E-state index in [0.717, 1.165) is 0 Å². The minimum atomic E-state index is -0.900. The molecule has 2 aliphatic rings. The molecule has 1 N–H and O–H groups in total. The molecule has 2 aliphatic heterocycles. The van der Waals surface area contributed by atoms with E-state index in [0.29, 0.717) is 16.3 Å². The van der Waals surface area contributed by atoms with Crippen LogP contribution in [-0.2, 0) is 14.4 Å². The van der Waals surface area contributed by atoms with E-state index in [1.54, 1.807) is 36.4 Å². The van der Waals surface area contributed by atoms with E-state index in [1.807, 2.05) is 0 Å². The summed E-state index contributed by atoms with van der Waals surface area (Å²) >= 11 is 5.91. The van der Waals surface area contributed by atoms with Gasteiger partial charge in [0.15, 0.2) is 6.10 Å². The van der Waals surface area contributed by atoms with Gasteiger partial charge in [-0.1, -0.05) is 23.7 Å². The first kappa shape index (κ1) is 15.1. The molecule has 2 heterocycles. The fraction of sp³-hybridized carbons (Fsp3) is 0.176. The van der Waals surface area contributed by atoms with Crippen LogP contribution < -0.4 is 10.4 Å². The smallest absolute Gasteiger partial charge is 0.259 e. The van der Waals surface area contributed by atoms with Gasteiger partial charge in [-0.15, -0.1) is 0 Å². The minimum absolute atomic E-state index is 0.376. The lowest BCUT2D eigenvalue weighted by molar-refractivity contribution is -0.129. The van der Waals surface area contributed by atoms with Gasteiger partial charge in [0.2, 0.25) is 5.91 Å². The van der Waals surface area contributed by atoms with Gasteiger partial charge in [0.1, 0.15) is 11.7 Å². The predicted octanol–water partition coefficient (Wildman–Crippen LogP) is 2.61. The molecule has 2 saturated heterocycles. The Morgan fingerprint density at radius 2 is 1.67 bits per heavy atom. The third-order valence-corrected chi connectivity index (χ3v) is 4.50. The summed E-state index contributed by atoms with van der Waals surface area (Å²) < 4.78 is 13.3. The Balaban J connectivity index is 1.79. The number of amides is 2. The SMILES string of the molecule is O=C1NC(=O)[C@H]2ON(c3ccc(Cl)cc3)[C@H](c3ccc(F)cc3)[C@H]12. The summed E-state index contributed by atoms with van der Waals surface area (Å²) in [5.41, 5.74) is 1.34. The highest BCUT2D eigenvalue weighted by Crippen LogP contribution is 2.44. The van der Waals surface area contributed by atoms with Crippen LogP contribution in [0.2, 0.25) is 5.02 Å². The number of nitrogens with one attached hydrogen (secondary N) is 1. The van der Waals surface area contributed by atoms with Crippen LogP contribution in [0.15, 0.2) is 48.5 Å². The standard InChI is InChI=1S/C17H12ClFN2O3/c18-10-3-7-12(8-4-10)21-14(9-1-5-11(19)6-2-9)13-15(24-21)17(23)20-16(13)22/h1-8,13-15H,(H,20,22,23)/t13-,14+,15-/m0/s1. The molecule has 2 fully saturated rings. The highest BCUT2D eigenvalue weighted by molar-refractivity contribution is 6.30. The van der Waals surface area contributed by atoms with Gasteiger partial charge in [-0.2, -0.15) is 0 Å². The Labute approximate surface area is 141 Å². The molecule has 0 radical (unpaired) electrons. The van der Waals surface area contributed by atoms with E-state index in [-0.39, 0.29) is 5.82 Å². The number of fused-ring (bicyclic) bond motifs is 1. The van der Waals surface area contributed by atoms with Gasteiger partial charge in [-0.05, 0) is 42.0 Å². The third kappa shape index (κ3) is 2.35. The van der Waals surface area contributed by atoms with Gasteiger partial charge in [-0.3, -0.25) is 19.7 Å². The highest BCUT2D eigenvalue weighted by Gasteiger charge is 2.56. The van der Waals surface area contributed by atoms with Crippen LogP contribution >= 0.6 is 11.6 Å². The van der Waals surface area contributed by atoms with Crippen molar-refractivity contribution in [3.63, 3.8) is 0 Å². The van der Waals surface area contributed by atoms with Crippen LogP contribution in [0.1, 0.15) is 11.6 Å². The van der Waals surface area contributed by atoms with Crippen molar-refractivity contribution in [2.24, 2.45) is 5.92 Å². The first-order valence-corrected chi connectivity index (χ1v) is 7.74. The number of nitrogens with zero attached hydrogens (tertiary/aromatic N) is 1. The molecule has 4 rings (SSSR count). The van der Waals surface area contributed by atoms with Gasteiger partial charge >= 0.3 is 0 Å². The normalized spacial score (nSPS) is 25.8. The molecule has 0 unspecified atom stereocenters. The summed E-state index contributed by atoms with van der Waals surface area (Å²) in [5.74, 6) is -1.93. The van der Waals surface area contributed by atoms with Crippen molar-refractivity contribution in [2.75, 3.05) is 5.06 Å². The summed E-state index contributed by atoms with van der Waals surface area (Å²) in [5, 5.41) is 4.37. The number of imide groups is 1. The minimum Gasteiger partial charge on any atom is -0.294 e. The van der Waals surface area contributed by atoms with Crippen LogP contribution in [0.25, 0.3) is 0 Å². The zero-order valence-corrected chi connectivity index (χ0v) is 13.0. The molecule has 2 aromatic rings. The van der Waals surface area contributed by atoms with Crippen molar-refractivity contribution in [2.45, 2.75) is 12.1 Å². The molecule has 3 atom stereocenters. The van der Waals surface area contributed by atoms with Gasteiger partial charge in [0.25, 0.3) is 5.91 Å². The molecule has 0 bridgehead atoms. The molecule has 24 heavy (non-hydrogen) atoms. The zero-order chi connectivity index (χ0) is 16.8. The Hall–Kier alpha value is -2.44. The van der Waals surface area contributed by atoms with Crippen molar-refractivity contribution >= 4 is 29.1 Å². The van der Waals surface area contributed by atoms with E-state index in [2.05, 4.69) is 5.32 Å². The highest BCUT2D eigenvalue weighted by atomic mass is 35.5. The van der Waals surface area contributed by atoms with Crippen LogP contribution in [0.5, 0.6) is 0 Å². The number of carbonyl (C=O) groups excluding carboxylic acids is 2. The summed E-state index contributed by atoms with van der Waals surface area (Å²) in [4.78, 5) is 29.9. The Kier molecular flexibility index (Phi) is 3.51. The molecule has 5 nitrogen and oxygen atoms in total. The second kappa shape index (κ2) is 5.58. The third-order valence-electron chi connectivity index (χ3n) is 4.25. The van der Waals surface area contributed by atoms with Crippen molar-refractivity contribution in [3.8, 4) is 0 Å². The Morgan fingerprint density at radius 3 is 2.33 bits per heavy atom. The first-order chi connectivity index (χ1) is 11.5. The second-order valence-corrected chi connectivity index (χ2v) is 6.14. The molecular formula is C17H12ClFN2O3. The number of anilines is 1.